The molecule has 0 heterocycles. The minimum absolute atomic E-state index is 0.926. The number of ether oxygens (including phenoxy) is 1. The first-order valence-electron chi connectivity index (χ1n) is 3.96. The number of rotatable bonds is 2. The Kier molecular flexibility index (Phi) is 2.54. The van der Waals surface area contributed by atoms with Gasteiger partial charge >= 0.3 is 0 Å². The highest BCUT2D eigenvalue weighted by molar-refractivity contribution is 5.66. The molecule has 0 aromatic heterocycles. The summed E-state index contributed by atoms with van der Waals surface area (Å²) in [7, 11) is 1.69. The summed E-state index contributed by atoms with van der Waals surface area (Å²) in [5.74, 6) is 0.926. The van der Waals surface area contributed by atoms with Crippen LogP contribution in [0.3, 0.4) is 0 Å². The van der Waals surface area contributed by atoms with Gasteiger partial charge in [-0.15, -0.1) is 0 Å². The van der Waals surface area contributed by atoms with Gasteiger partial charge in [0.1, 0.15) is 5.75 Å². The quantitative estimate of drug-likeness (QED) is 0.649. The van der Waals surface area contributed by atoms with Crippen LogP contribution in [0.25, 0.3) is 5.57 Å². The van der Waals surface area contributed by atoms with Crippen molar-refractivity contribution in [3.63, 3.8) is 0 Å². The van der Waals surface area contributed by atoms with Crippen molar-refractivity contribution in [2.24, 2.45) is 0 Å². The van der Waals surface area contributed by atoms with Gasteiger partial charge in [0, 0.05) is 0 Å². The lowest BCUT2D eigenvalue weighted by Gasteiger charge is -2.09. The first-order valence-corrected chi connectivity index (χ1v) is 3.96. The van der Waals surface area contributed by atoms with Crippen molar-refractivity contribution in [3.8, 4) is 5.75 Å². The molecule has 1 nitrogen and oxygen atoms in total. The number of hydrogen-bond acceptors (Lipinski definition) is 1. The second kappa shape index (κ2) is 3.44. The Labute approximate surface area is 73.7 Å². The Hall–Kier alpha value is -1.24. The number of methoxy groups -OCH3 is 1. The Morgan fingerprint density at radius 2 is 2.08 bits per heavy atom. The molecule has 0 aliphatic rings. The minimum atomic E-state index is 0.926. The van der Waals surface area contributed by atoms with Gasteiger partial charge in [0.2, 0.25) is 0 Å². The third-order valence-corrected chi connectivity index (χ3v) is 1.96. The molecule has 0 atom stereocenters. The molecule has 0 fully saturated rings. The molecule has 0 bridgehead atoms. The average molecular weight is 162 g/mol. The summed E-state index contributed by atoms with van der Waals surface area (Å²) in [4.78, 5) is 0. The van der Waals surface area contributed by atoms with E-state index in [-0.39, 0.29) is 0 Å². The van der Waals surface area contributed by atoms with E-state index in [2.05, 4.69) is 12.6 Å². The molecule has 1 aromatic carbocycles. The highest BCUT2D eigenvalue weighted by atomic mass is 16.5. The van der Waals surface area contributed by atoms with Gasteiger partial charge in [-0.25, -0.2) is 0 Å². The van der Waals surface area contributed by atoms with Crippen LogP contribution < -0.4 is 4.74 Å². The third kappa shape index (κ3) is 1.50. The zero-order valence-corrected chi connectivity index (χ0v) is 7.85. The molecule has 0 saturated heterocycles. The van der Waals surface area contributed by atoms with E-state index in [1.54, 1.807) is 7.11 Å². The molecule has 0 spiro atoms. The number of allylic oxidation sites excluding steroid dienone is 1. The van der Waals surface area contributed by atoms with Crippen molar-refractivity contribution in [1.82, 2.24) is 0 Å². The standard InChI is InChI=1S/C11H14O/c1-8(2)10-6-5-7-11(12-4)9(10)3/h5-7H,1H2,2-4H3. The largest absolute Gasteiger partial charge is 0.496 e. The zero-order chi connectivity index (χ0) is 9.14. The fourth-order valence-electron chi connectivity index (χ4n) is 1.30. The van der Waals surface area contributed by atoms with E-state index in [0.717, 1.165) is 16.9 Å². The first kappa shape index (κ1) is 8.85. The third-order valence-electron chi connectivity index (χ3n) is 1.96. The summed E-state index contributed by atoms with van der Waals surface area (Å²) in [6.07, 6.45) is 0. The van der Waals surface area contributed by atoms with Crippen molar-refractivity contribution in [2.45, 2.75) is 13.8 Å². The smallest absolute Gasteiger partial charge is 0.122 e. The maximum atomic E-state index is 5.19. The second-order valence-corrected chi connectivity index (χ2v) is 2.91. The van der Waals surface area contributed by atoms with Gasteiger partial charge < -0.3 is 4.74 Å². The molecular weight excluding hydrogens is 148 g/mol. The predicted octanol–water partition coefficient (Wildman–Crippen LogP) is 3.04. The van der Waals surface area contributed by atoms with Crippen LogP contribution in [0.4, 0.5) is 0 Å². The number of benzene rings is 1. The lowest BCUT2D eigenvalue weighted by molar-refractivity contribution is 0.411. The van der Waals surface area contributed by atoms with Gasteiger partial charge in [0.25, 0.3) is 0 Å². The van der Waals surface area contributed by atoms with Crippen LogP contribution in [0.2, 0.25) is 0 Å². The van der Waals surface area contributed by atoms with Crippen LogP contribution in [-0.4, -0.2) is 7.11 Å². The van der Waals surface area contributed by atoms with E-state index in [0.29, 0.717) is 0 Å². The van der Waals surface area contributed by atoms with Gasteiger partial charge in [-0.2, -0.15) is 0 Å². The maximum absolute atomic E-state index is 5.19. The lowest BCUT2D eigenvalue weighted by atomic mass is 10.0. The highest BCUT2D eigenvalue weighted by Gasteiger charge is 2.02. The highest BCUT2D eigenvalue weighted by Crippen LogP contribution is 2.24. The molecule has 64 valence electrons. The van der Waals surface area contributed by atoms with E-state index in [4.69, 9.17) is 4.74 Å². The van der Waals surface area contributed by atoms with Crippen LogP contribution in [0, 0.1) is 6.92 Å². The Bertz CT molecular complexity index is 300. The van der Waals surface area contributed by atoms with E-state index in [1.165, 1.54) is 5.56 Å². The van der Waals surface area contributed by atoms with Gasteiger partial charge in [0.15, 0.2) is 0 Å². The second-order valence-electron chi connectivity index (χ2n) is 2.91. The molecule has 0 N–H and O–H groups in total. The Morgan fingerprint density at radius 3 is 2.58 bits per heavy atom. The fraction of sp³-hybridized carbons (Fsp3) is 0.273. The lowest BCUT2D eigenvalue weighted by Crippen LogP contribution is -1.90. The molecule has 0 aliphatic carbocycles. The van der Waals surface area contributed by atoms with Gasteiger partial charge in [0.05, 0.1) is 7.11 Å². The fourth-order valence-corrected chi connectivity index (χ4v) is 1.30. The summed E-state index contributed by atoms with van der Waals surface area (Å²) in [6, 6.07) is 6.00. The van der Waals surface area contributed by atoms with Crippen LogP contribution in [-0.2, 0) is 0 Å². The molecule has 1 heteroatoms. The van der Waals surface area contributed by atoms with E-state index < -0.39 is 0 Å². The summed E-state index contributed by atoms with van der Waals surface area (Å²) >= 11 is 0. The van der Waals surface area contributed by atoms with Crippen LogP contribution in [0.15, 0.2) is 24.8 Å². The van der Waals surface area contributed by atoms with Crippen LogP contribution in [0.5, 0.6) is 5.75 Å². The van der Waals surface area contributed by atoms with Gasteiger partial charge in [-0.05, 0) is 31.0 Å². The van der Waals surface area contributed by atoms with Crippen LogP contribution >= 0.6 is 0 Å². The summed E-state index contributed by atoms with van der Waals surface area (Å²) in [5.41, 5.74) is 3.41. The van der Waals surface area contributed by atoms with Gasteiger partial charge in [-0.1, -0.05) is 24.3 Å². The van der Waals surface area contributed by atoms with E-state index in [1.807, 2.05) is 26.0 Å². The van der Waals surface area contributed by atoms with Crippen molar-refractivity contribution < 1.29 is 4.74 Å². The summed E-state index contributed by atoms with van der Waals surface area (Å²) < 4.78 is 5.19. The molecule has 0 radical (unpaired) electrons. The molecule has 0 unspecified atom stereocenters. The SMILES string of the molecule is C=C(C)c1cccc(OC)c1C. The summed E-state index contributed by atoms with van der Waals surface area (Å²) in [5, 5.41) is 0. The normalized spacial score (nSPS) is 9.58. The van der Waals surface area contributed by atoms with Crippen molar-refractivity contribution >= 4 is 5.57 Å². The van der Waals surface area contributed by atoms with Crippen molar-refractivity contribution in [3.05, 3.63) is 35.9 Å². The molecule has 12 heavy (non-hydrogen) atoms. The number of hydrogen-bond donors (Lipinski definition) is 0. The molecule has 0 saturated carbocycles. The Morgan fingerprint density at radius 1 is 1.42 bits per heavy atom. The Balaban J connectivity index is 3.23. The van der Waals surface area contributed by atoms with Gasteiger partial charge in [-0.3, -0.25) is 0 Å². The molecule has 0 aliphatic heterocycles. The average Bonchev–Trinajstić information content (AvgIpc) is 2.04. The minimum Gasteiger partial charge on any atom is -0.496 e. The molecule has 0 amide bonds. The monoisotopic (exact) mass is 162 g/mol. The molecule has 1 aromatic rings. The maximum Gasteiger partial charge on any atom is 0.122 e. The summed E-state index contributed by atoms with van der Waals surface area (Å²) in [6.45, 7) is 7.95. The van der Waals surface area contributed by atoms with Crippen molar-refractivity contribution in [1.29, 1.82) is 0 Å². The molecule has 1 rings (SSSR count). The van der Waals surface area contributed by atoms with E-state index >= 15 is 0 Å². The topological polar surface area (TPSA) is 9.23 Å². The zero-order valence-electron chi connectivity index (χ0n) is 7.85. The molecular formula is C11H14O. The van der Waals surface area contributed by atoms with Crippen molar-refractivity contribution in [2.75, 3.05) is 7.11 Å². The van der Waals surface area contributed by atoms with Crippen LogP contribution in [0.1, 0.15) is 18.1 Å². The predicted molar refractivity (Wildman–Crippen MR) is 52.4 cm³/mol. The van der Waals surface area contributed by atoms with E-state index in [9.17, 15) is 0 Å². The first-order chi connectivity index (χ1) is 5.66.